The van der Waals surface area contributed by atoms with E-state index >= 15 is 0 Å². The first-order valence-corrected chi connectivity index (χ1v) is 4.22. The van der Waals surface area contributed by atoms with Crippen molar-refractivity contribution >= 4 is 11.7 Å². The zero-order valence-corrected chi connectivity index (χ0v) is 7.45. The molecular weight excluding hydrogens is 166 g/mol. The molecule has 1 aliphatic heterocycles. The van der Waals surface area contributed by atoms with Gasteiger partial charge >= 0.3 is 6.03 Å². The van der Waals surface area contributed by atoms with E-state index in [0.717, 1.165) is 24.2 Å². The Balaban J connectivity index is 2.35. The molecule has 1 aromatic rings. The Morgan fingerprint density at radius 2 is 2.46 bits per heavy atom. The van der Waals surface area contributed by atoms with Gasteiger partial charge in [0.1, 0.15) is 0 Å². The monoisotopic (exact) mass is 177 g/mol. The summed E-state index contributed by atoms with van der Waals surface area (Å²) in [5.41, 5.74) is 1.98. The van der Waals surface area contributed by atoms with Crippen LogP contribution in [0.3, 0.4) is 0 Å². The third kappa shape index (κ3) is 1.47. The number of amides is 2. The molecule has 13 heavy (non-hydrogen) atoms. The Hall–Kier alpha value is -1.58. The quantitative estimate of drug-likeness (QED) is 0.645. The molecule has 2 amide bonds. The third-order valence-corrected chi connectivity index (χ3v) is 2.21. The molecule has 0 aromatic carbocycles. The molecule has 0 aliphatic carbocycles. The smallest absolute Gasteiger partial charge is 0.321 e. The van der Waals surface area contributed by atoms with Crippen molar-refractivity contribution in [1.82, 2.24) is 9.88 Å². The largest absolute Gasteiger partial charge is 0.327 e. The predicted octanol–water partition coefficient (Wildman–Crippen LogP) is 1.10. The molecule has 0 saturated carbocycles. The Morgan fingerprint density at radius 3 is 3.31 bits per heavy atom. The zero-order chi connectivity index (χ0) is 9.26. The van der Waals surface area contributed by atoms with E-state index in [1.165, 1.54) is 0 Å². The average molecular weight is 177 g/mol. The number of anilines is 1. The molecule has 0 radical (unpaired) electrons. The van der Waals surface area contributed by atoms with E-state index in [2.05, 4.69) is 10.3 Å². The van der Waals surface area contributed by atoms with Gasteiger partial charge in [-0.15, -0.1) is 0 Å². The van der Waals surface area contributed by atoms with Gasteiger partial charge in [-0.1, -0.05) is 0 Å². The highest BCUT2D eigenvalue weighted by Gasteiger charge is 2.15. The van der Waals surface area contributed by atoms with Crippen LogP contribution in [0.5, 0.6) is 0 Å². The Bertz CT molecular complexity index is 337. The lowest BCUT2D eigenvalue weighted by molar-refractivity contribution is 0.224. The van der Waals surface area contributed by atoms with Crippen molar-refractivity contribution < 1.29 is 4.79 Å². The summed E-state index contributed by atoms with van der Waals surface area (Å²) in [6, 6.07) is 1.77. The minimum Gasteiger partial charge on any atom is -0.327 e. The van der Waals surface area contributed by atoms with Gasteiger partial charge < -0.3 is 10.2 Å². The first-order valence-electron chi connectivity index (χ1n) is 4.22. The SMILES string of the molecule is CN1CCc2cnccc2NC1=O. The lowest BCUT2D eigenvalue weighted by atomic mass is 10.2. The van der Waals surface area contributed by atoms with E-state index in [1.807, 2.05) is 6.07 Å². The van der Waals surface area contributed by atoms with Gasteiger partial charge in [-0.2, -0.15) is 0 Å². The second-order valence-electron chi connectivity index (χ2n) is 3.13. The van der Waals surface area contributed by atoms with E-state index < -0.39 is 0 Å². The highest BCUT2D eigenvalue weighted by Crippen LogP contribution is 2.17. The molecule has 0 fully saturated rings. The summed E-state index contributed by atoms with van der Waals surface area (Å²) < 4.78 is 0. The van der Waals surface area contributed by atoms with Gasteiger partial charge in [0.2, 0.25) is 0 Å². The molecule has 1 aliphatic rings. The molecule has 0 saturated heterocycles. The van der Waals surface area contributed by atoms with Gasteiger partial charge in [-0.05, 0) is 18.1 Å². The highest BCUT2D eigenvalue weighted by atomic mass is 16.2. The molecule has 0 atom stereocenters. The number of aromatic nitrogens is 1. The van der Waals surface area contributed by atoms with E-state index in [-0.39, 0.29) is 6.03 Å². The van der Waals surface area contributed by atoms with Crippen molar-refractivity contribution in [3.8, 4) is 0 Å². The van der Waals surface area contributed by atoms with Gasteiger partial charge in [0.25, 0.3) is 0 Å². The van der Waals surface area contributed by atoms with E-state index in [1.54, 1.807) is 24.3 Å². The Morgan fingerprint density at radius 1 is 1.62 bits per heavy atom. The standard InChI is InChI=1S/C9H11N3O/c1-12-5-3-7-6-10-4-2-8(7)11-9(12)13/h2,4,6H,3,5H2,1H3,(H,11,13). The topological polar surface area (TPSA) is 45.2 Å². The number of nitrogens with zero attached hydrogens (tertiary/aromatic N) is 2. The molecule has 1 N–H and O–H groups in total. The number of nitrogens with one attached hydrogen (secondary N) is 1. The average Bonchev–Trinajstić information content (AvgIpc) is 2.28. The second kappa shape index (κ2) is 3.05. The summed E-state index contributed by atoms with van der Waals surface area (Å²) in [7, 11) is 1.79. The van der Waals surface area contributed by atoms with Gasteiger partial charge in [-0.25, -0.2) is 4.79 Å². The first-order chi connectivity index (χ1) is 6.27. The normalized spacial score (nSPS) is 16.1. The fraction of sp³-hybridized carbons (Fsp3) is 0.333. The number of hydrogen-bond acceptors (Lipinski definition) is 2. The Kier molecular flexibility index (Phi) is 1.88. The van der Waals surface area contributed by atoms with E-state index in [0.29, 0.717) is 0 Å². The maximum atomic E-state index is 11.4. The van der Waals surface area contributed by atoms with Crippen LogP contribution in [0.25, 0.3) is 0 Å². The molecule has 1 aromatic heterocycles. The van der Waals surface area contributed by atoms with Crippen LogP contribution in [-0.4, -0.2) is 29.5 Å². The predicted molar refractivity (Wildman–Crippen MR) is 49.6 cm³/mol. The van der Waals surface area contributed by atoms with Crippen LogP contribution in [0.2, 0.25) is 0 Å². The lowest BCUT2D eigenvalue weighted by Crippen LogP contribution is -2.30. The van der Waals surface area contributed by atoms with Gasteiger partial charge in [0.05, 0.1) is 0 Å². The van der Waals surface area contributed by atoms with Gasteiger partial charge in [0, 0.05) is 31.7 Å². The van der Waals surface area contributed by atoms with Gasteiger partial charge in [0.15, 0.2) is 0 Å². The number of urea groups is 1. The van der Waals surface area contributed by atoms with Crippen molar-refractivity contribution in [1.29, 1.82) is 0 Å². The molecule has 2 heterocycles. The minimum atomic E-state index is -0.0510. The minimum absolute atomic E-state index is 0.0510. The van der Waals surface area contributed by atoms with Crippen LogP contribution in [-0.2, 0) is 6.42 Å². The molecular formula is C9H11N3O. The number of carbonyl (C=O) groups excluding carboxylic acids is 1. The highest BCUT2D eigenvalue weighted by molar-refractivity contribution is 5.90. The number of rotatable bonds is 0. The van der Waals surface area contributed by atoms with Crippen LogP contribution in [0, 0.1) is 0 Å². The van der Waals surface area contributed by atoms with Crippen LogP contribution in [0.1, 0.15) is 5.56 Å². The molecule has 0 unspecified atom stereocenters. The molecule has 68 valence electrons. The van der Waals surface area contributed by atoms with Gasteiger partial charge in [-0.3, -0.25) is 4.98 Å². The molecule has 0 bridgehead atoms. The third-order valence-electron chi connectivity index (χ3n) is 2.21. The summed E-state index contributed by atoms with van der Waals surface area (Å²) in [5, 5.41) is 2.82. The Labute approximate surface area is 76.6 Å². The van der Waals surface area contributed by atoms with Crippen LogP contribution < -0.4 is 5.32 Å². The first kappa shape index (κ1) is 8.04. The summed E-state index contributed by atoms with van der Waals surface area (Å²) in [6.07, 6.45) is 4.34. The molecule has 0 spiro atoms. The van der Waals surface area contributed by atoms with Crippen LogP contribution in [0.15, 0.2) is 18.5 Å². The number of carbonyl (C=O) groups is 1. The summed E-state index contributed by atoms with van der Waals surface area (Å²) in [5.74, 6) is 0. The summed E-state index contributed by atoms with van der Waals surface area (Å²) in [4.78, 5) is 17.1. The van der Waals surface area contributed by atoms with Crippen molar-refractivity contribution in [3.05, 3.63) is 24.0 Å². The fourth-order valence-electron chi connectivity index (χ4n) is 1.35. The van der Waals surface area contributed by atoms with Crippen LogP contribution in [0.4, 0.5) is 10.5 Å². The fourth-order valence-corrected chi connectivity index (χ4v) is 1.35. The van der Waals surface area contributed by atoms with Crippen molar-refractivity contribution in [2.24, 2.45) is 0 Å². The van der Waals surface area contributed by atoms with E-state index in [9.17, 15) is 4.79 Å². The maximum Gasteiger partial charge on any atom is 0.321 e. The second-order valence-corrected chi connectivity index (χ2v) is 3.13. The zero-order valence-electron chi connectivity index (χ0n) is 7.45. The van der Waals surface area contributed by atoms with Crippen LogP contribution >= 0.6 is 0 Å². The molecule has 4 heteroatoms. The van der Waals surface area contributed by atoms with Crippen molar-refractivity contribution in [2.75, 3.05) is 18.9 Å². The maximum absolute atomic E-state index is 11.4. The number of likely N-dealkylation sites (N-methyl/N-ethyl adjacent to an activating group) is 1. The lowest BCUT2D eigenvalue weighted by Gasteiger charge is -2.12. The van der Waals surface area contributed by atoms with E-state index in [4.69, 9.17) is 0 Å². The van der Waals surface area contributed by atoms with Crippen molar-refractivity contribution in [2.45, 2.75) is 6.42 Å². The van der Waals surface area contributed by atoms with Crippen molar-refractivity contribution in [3.63, 3.8) is 0 Å². The summed E-state index contributed by atoms with van der Waals surface area (Å²) in [6.45, 7) is 0.741. The molecule has 4 nitrogen and oxygen atoms in total. The number of hydrogen-bond donors (Lipinski definition) is 1. The number of pyridine rings is 1. The molecule has 2 rings (SSSR count). The number of fused-ring (bicyclic) bond motifs is 1. The summed E-state index contributed by atoms with van der Waals surface area (Å²) >= 11 is 0.